The molecule has 0 N–H and O–H groups in total. The van der Waals surface area contributed by atoms with Gasteiger partial charge in [0.1, 0.15) is 11.8 Å². The minimum atomic E-state index is -3.08. The lowest BCUT2D eigenvalue weighted by molar-refractivity contribution is -0.385. The van der Waals surface area contributed by atoms with Gasteiger partial charge in [0.25, 0.3) is 12.1 Å². The average molecular weight is 232 g/mol. The second-order valence-electron chi connectivity index (χ2n) is 2.66. The predicted molar refractivity (Wildman–Crippen MR) is 47.8 cm³/mol. The van der Waals surface area contributed by atoms with E-state index in [1.54, 1.807) is 0 Å². The van der Waals surface area contributed by atoms with Crippen LogP contribution in [0.4, 0.5) is 14.5 Å². The molecule has 1 heterocycles. The molecule has 1 rings (SSSR count). The van der Waals surface area contributed by atoms with Crippen molar-refractivity contribution in [3.05, 3.63) is 27.4 Å². The number of nitrogens with zero attached hydrogens (tertiary/aromatic N) is 2. The third kappa shape index (κ3) is 1.95. The number of halogens is 2. The van der Waals surface area contributed by atoms with Gasteiger partial charge in [-0.3, -0.25) is 14.9 Å². The number of aldehydes is 1. The Morgan fingerprint density at radius 2 is 2.25 bits per heavy atom. The standard InChI is InChI=1S/C8H6F2N2O4/c1-16-8-6(7(9)10)4(3-13)5(2-11-8)12(14)15/h2-3,7H,1H3. The summed E-state index contributed by atoms with van der Waals surface area (Å²) in [4.78, 5) is 23.5. The van der Waals surface area contributed by atoms with Gasteiger partial charge in [-0.1, -0.05) is 0 Å². The van der Waals surface area contributed by atoms with Crippen LogP contribution in [0.25, 0.3) is 0 Å². The molecule has 0 radical (unpaired) electrons. The van der Waals surface area contributed by atoms with Crippen molar-refractivity contribution in [3.63, 3.8) is 0 Å². The number of methoxy groups -OCH3 is 1. The van der Waals surface area contributed by atoms with E-state index < -0.39 is 34.0 Å². The van der Waals surface area contributed by atoms with Gasteiger partial charge in [-0.2, -0.15) is 0 Å². The molecule has 6 nitrogen and oxygen atoms in total. The number of carbonyl (C=O) groups excluding carboxylic acids is 1. The molecule has 8 heteroatoms. The first-order valence-corrected chi connectivity index (χ1v) is 3.97. The van der Waals surface area contributed by atoms with Crippen LogP contribution < -0.4 is 4.74 Å². The Bertz CT molecular complexity index is 436. The monoisotopic (exact) mass is 232 g/mol. The Morgan fingerprint density at radius 3 is 2.62 bits per heavy atom. The van der Waals surface area contributed by atoms with Crippen molar-refractivity contribution in [1.29, 1.82) is 0 Å². The predicted octanol–water partition coefficient (Wildman–Crippen LogP) is 1.75. The Kier molecular flexibility index (Phi) is 3.44. The van der Waals surface area contributed by atoms with E-state index in [-0.39, 0.29) is 6.29 Å². The number of carbonyl (C=O) groups is 1. The van der Waals surface area contributed by atoms with Gasteiger partial charge >= 0.3 is 0 Å². The van der Waals surface area contributed by atoms with Crippen LogP contribution in [0.15, 0.2) is 6.20 Å². The summed E-state index contributed by atoms with van der Waals surface area (Å²) in [5, 5.41) is 10.5. The molecule has 0 spiro atoms. The van der Waals surface area contributed by atoms with Crippen molar-refractivity contribution < 1.29 is 23.2 Å². The van der Waals surface area contributed by atoms with Gasteiger partial charge < -0.3 is 4.74 Å². The van der Waals surface area contributed by atoms with Gasteiger partial charge in [0.2, 0.25) is 5.88 Å². The van der Waals surface area contributed by atoms with E-state index in [2.05, 4.69) is 9.72 Å². The summed E-state index contributed by atoms with van der Waals surface area (Å²) in [5.41, 5.74) is -2.36. The van der Waals surface area contributed by atoms with Crippen LogP contribution >= 0.6 is 0 Å². The highest BCUT2D eigenvalue weighted by Crippen LogP contribution is 2.34. The van der Waals surface area contributed by atoms with Gasteiger partial charge in [0.05, 0.1) is 17.6 Å². The fourth-order valence-corrected chi connectivity index (χ4v) is 1.15. The van der Waals surface area contributed by atoms with Crippen LogP contribution in [0.5, 0.6) is 5.88 Å². The van der Waals surface area contributed by atoms with Crippen molar-refractivity contribution in [2.75, 3.05) is 7.11 Å². The SMILES string of the molecule is COc1ncc([N+](=O)[O-])c(C=O)c1C(F)F. The highest BCUT2D eigenvalue weighted by molar-refractivity contribution is 5.84. The maximum atomic E-state index is 12.6. The van der Waals surface area contributed by atoms with Crippen LogP contribution in [0.1, 0.15) is 22.3 Å². The van der Waals surface area contributed by atoms with Crippen LogP contribution in [0.2, 0.25) is 0 Å². The molecule has 0 saturated carbocycles. The quantitative estimate of drug-likeness (QED) is 0.448. The van der Waals surface area contributed by atoms with Gasteiger partial charge in [-0.15, -0.1) is 0 Å². The summed E-state index contributed by atoms with van der Waals surface area (Å²) < 4.78 is 29.7. The topological polar surface area (TPSA) is 82.3 Å². The Hall–Kier alpha value is -2.12. The number of alkyl halides is 2. The van der Waals surface area contributed by atoms with Crippen molar-refractivity contribution in [1.82, 2.24) is 4.98 Å². The molecule has 0 aliphatic rings. The minimum absolute atomic E-state index is 0.0101. The van der Waals surface area contributed by atoms with E-state index in [4.69, 9.17) is 0 Å². The van der Waals surface area contributed by atoms with Crippen LogP contribution in [-0.4, -0.2) is 23.3 Å². The molecule has 0 saturated heterocycles. The maximum absolute atomic E-state index is 12.6. The van der Waals surface area contributed by atoms with Crippen LogP contribution in [0.3, 0.4) is 0 Å². The third-order valence-corrected chi connectivity index (χ3v) is 1.83. The molecule has 16 heavy (non-hydrogen) atoms. The number of hydrogen-bond acceptors (Lipinski definition) is 5. The smallest absolute Gasteiger partial charge is 0.298 e. The number of nitro groups is 1. The van der Waals surface area contributed by atoms with E-state index in [1.165, 1.54) is 0 Å². The van der Waals surface area contributed by atoms with E-state index in [9.17, 15) is 23.7 Å². The molecule has 1 aromatic heterocycles. The van der Waals surface area contributed by atoms with Crippen molar-refractivity contribution in [2.24, 2.45) is 0 Å². The molecule has 0 amide bonds. The molecule has 0 unspecified atom stereocenters. The molecule has 0 bridgehead atoms. The molecular weight excluding hydrogens is 226 g/mol. The fraction of sp³-hybridized carbons (Fsp3) is 0.250. The maximum Gasteiger partial charge on any atom is 0.298 e. The zero-order valence-corrected chi connectivity index (χ0v) is 8.02. The summed E-state index contributed by atoms with van der Waals surface area (Å²) in [7, 11) is 1.08. The first-order valence-electron chi connectivity index (χ1n) is 3.97. The van der Waals surface area contributed by atoms with E-state index in [0.717, 1.165) is 7.11 Å². The molecule has 0 atom stereocenters. The molecule has 0 fully saturated rings. The molecular formula is C8H6F2N2O4. The van der Waals surface area contributed by atoms with Gasteiger partial charge in [-0.05, 0) is 0 Å². The van der Waals surface area contributed by atoms with Gasteiger partial charge in [0.15, 0.2) is 6.29 Å². The molecule has 0 aliphatic heterocycles. The van der Waals surface area contributed by atoms with Crippen molar-refractivity contribution in [2.45, 2.75) is 6.43 Å². The second kappa shape index (κ2) is 4.60. The lowest BCUT2D eigenvalue weighted by Crippen LogP contribution is -2.05. The van der Waals surface area contributed by atoms with Crippen molar-refractivity contribution >= 4 is 12.0 Å². The molecule has 86 valence electrons. The summed E-state index contributed by atoms with van der Waals surface area (Å²) in [6.45, 7) is 0. The number of aromatic nitrogens is 1. The average Bonchev–Trinajstić information content (AvgIpc) is 2.26. The summed E-state index contributed by atoms with van der Waals surface area (Å²) >= 11 is 0. The zero-order chi connectivity index (χ0) is 12.3. The molecule has 0 aliphatic carbocycles. The Labute approximate surface area is 88.0 Å². The normalized spacial score (nSPS) is 10.2. The van der Waals surface area contributed by atoms with E-state index >= 15 is 0 Å². The van der Waals surface area contributed by atoms with Crippen molar-refractivity contribution in [3.8, 4) is 5.88 Å². The first kappa shape index (κ1) is 12.0. The van der Waals surface area contributed by atoms with E-state index in [0.29, 0.717) is 6.20 Å². The minimum Gasteiger partial charge on any atom is -0.481 e. The van der Waals surface area contributed by atoms with Gasteiger partial charge in [0, 0.05) is 0 Å². The highest BCUT2D eigenvalue weighted by Gasteiger charge is 2.27. The number of hydrogen-bond donors (Lipinski definition) is 0. The number of pyridine rings is 1. The van der Waals surface area contributed by atoms with E-state index in [1.807, 2.05) is 0 Å². The Balaban J connectivity index is 3.55. The lowest BCUT2D eigenvalue weighted by Gasteiger charge is -2.08. The Morgan fingerprint density at radius 1 is 1.62 bits per heavy atom. The number of ether oxygens (including phenoxy) is 1. The third-order valence-electron chi connectivity index (χ3n) is 1.83. The number of rotatable bonds is 4. The second-order valence-corrected chi connectivity index (χ2v) is 2.66. The van der Waals surface area contributed by atoms with Crippen LogP contribution in [0, 0.1) is 10.1 Å². The molecule has 0 aromatic carbocycles. The first-order chi connectivity index (χ1) is 7.52. The summed E-state index contributed by atoms with van der Waals surface area (Å²) in [6.07, 6.45) is -2.39. The fourth-order valence-electron chi connectivity index (χ4n) is 1.15. The molecule has 1 aromatic rings. The zero-order valence-electron chi connectivity index (χ0n) is 8.02. The highest BCUT2D eigenvalue weighted by atomic mass is 19.3. The van der Waals surface area contributed by atoms with Gasteiger partial charge in [-0.25, -0.2) is 13.8 Å². The summed E-state index contributed by atoms with van der Waals surface area (Å²) in [5.74, 6) is -0.497. The summed E-state index contributed by atoms with van der Waals surface area (Å²) in [6, 6.07) is 0. The largest absolute Gasteiger partial charge is 0.481 e. The van der Waals surface area contributed by atoms with Crippen LogP contribution in [-0.2, 0) is 0 Å². The lowest BCUT2D eigenvalue weighted by atomic mass is 10.1.